The van der Waals surface area contributed by atoms with Gasteiger partial charge in [-0.3, -0.25) is 9.69 Å². The number of aromatic nitrogens is 1. The van der Waals surface area contributed by atoms with Gasteiger partial charge in [0.1, 0.15) is 5.69 Å². The molecular weight excluding hydrogens is 286 g/mol. The standard InChI is InChI=1S/C19H23N3O/c1-21-15-5-3-2-4-14(15)12-16(21)18(23)20-17-13-6-10-22(11-7-13)19(17)8-9-19/h2-5,12-13,17H,6-11H2,1H3,(H,20,23)/t17-/m1/s1. The maximum absolute atomic E-state index is 12.9. The quantitative estimate of drug-likeness (QED) is 0.925. The van der Waals surface area contributed by atoms with E-state index in [9.17, 15) is 4.79 Å². The van der Waals surface area contributed by atoms with Crippen LogP contribution in [-0.4, -0.2) is 40.0 Å². The van der Waals surface area contributed by atoms with E-state index in [0.29, 0.717) is 17.5 Å². The molecule has 1 aliphatic carbocycles. The van der Waals surface area contributed by atoms with Crippen molar-refractivity contribution >= 4 is 16.8 Å². The first-order valence-corrected chi connectivity index (χ1v) is 8.79. The van der Waals surface area contributed by atoms with E-state index >= 15 is 0 Å². The van der Waals surface area contributed by atoms with Gasteiger partial charge in [-0.1, -0.05) is 18.2 Å². The van der Waals surface area contributed by atoms with Gasteiger partial charge >= 0.3 is 0 Å². The van der Waals surface area contributed by atoms with Crippen molar-refractivity contribution in [3.63, 3.8) is 0 Å². The van der Waals surface area contributed by atoms with E-state index in [1.807, 2.05) is 29.8 Å². The van der Waals surface area contributed by atoms with Crippen molar-refractivity contribution < 1.29 is 4.79 Å². The Morgan fingerprint density at radius 3 is 2.65 bits per heavy atom. The lowest BCUT2D eigenvalue weighted by molar-refractivity contribution is -0.00157. The van der Waals surface area contributed by atoms with Gasteiger partial charge in [0.15, 0.2) is 0 Å². The van der Waals surface area contributed by atoms with Crippen LogP contribution in [0.5, 0.6) is 0 Å². The van der Waals surface area contributed by atoms with E-state index in [-0.39, 0.29) is 5.91 Å². The van der Waals surface area contributed by atoms with E-state index in [0.717, 1.165) is 16.6 Å². The van der Waals surface area contributed by atoms with Gasteiger partial charge in [-0.2, -0.15) is 0 Å². The second kappa shape index (κ2) is 4.60. The van der Waals surface area contributed by atoms with Crippen molar-refractivity contribution in [1.29, 1.82) is 0 Å². The molecular formula is C19H23N3O. The monoisotopic (exact) mass is 309 g/mol. The van der Waals surface area contributed by atoms with Gasteiger partial charge in [-0.05, 0) is 56.8 Å². The van der Waals surface area contributed by atoms with E-state index in [4.69, 9.17) is 0 Å². The lowest BCUT2D eigenvalue weighted by Gasteiger charge is -2.52. The minimum Gasteiger partial charge on any atom is -0.346 e. The molecule has 1 N–H and O–H groups in total. The molecule has 4 nitrogen and oxygen atoms in total. The number of benzene rings is 1. The molecule has 2 bridgehead atoms. The molecule has 1 spiro atoms. The Labute approximate surface area is 136 Å². The number of carbonyl (C=O) groups is 1. The molecule has 2 aromatic rings. The second-order valence-corrected chi connectivity index (χ2v) is 7.53. The van der Waals surface area contributed by atoms with Crippen LogP contribution in [0.3, 0.4) is 0 Å². The number of nitrogens with zero attached hydrogens (tertiary/aromatic N) is 2. The Kier molecular flexibility index (Phi) is 2.72. The summed E-state index contributed by atoms with van der Waals surface area (Å²) in [6.45, 7) is 2.45. The molecule has 4 aliphatic rings. The number of aryl methyl sites for hydroxylation is 1. The minimum atomic E-state index is 0.0914. The van der Waals surface area contributed by atoms with Crippen LogP contribution in [0.4, 0.5) is 0 Å². The minimum absolute atomic E-state index is 0.0914. The summed E-state index contributed by atoms with van der Waals surface area (Å²) in [5, 5.41) is 4.55. The van der Waals surface area contributed by atoms with Crippen LogP contribution in [-0.2, 0) is 7.05 Å². The first kappa shape index (κ1) is 13.6. The number of amides is 1. The molecule has 23 heavy (non-hydrogen) atoms. The van der Waals surface area contributed by atoms with Crippen molar-refractivity contribution in [1.82, 2.24) is 14.8 Å². The highest BCUT2D eigenvalue weighted by Gasteiger charge is 2.60. The molecule has 0 radical (unpaired) electrons. The Bertz CT molecular complexity index is 781. The van der Waals surface area contributed by atoms with Crippen LogP contribution < -0.4 is 5.32 Å². The Morgan fingerprint density at radius 1 is 1.22 bits per heavy atom. The van der Waals surface area contributed by atoms with Gasteiger partial charge in [0.05, 0.1) is 6.04 Å². The second-order valence-electron chi connectivity index (χ2n) is 7.53. The predicted octanol–water partition coefficient (Wildman–Crippen LogP) is 2.53. The van der Waals surface area contributed by atoms with Crippen molar-refractivity contribution in [2.24, 2.45) is 13.0 Å². The van der Waals surface area contributed by atoms with E-state index in [2.05, 4.69) is 22.3 Å². The molecule has 3 saturated heterocycles. The molecule has 4 fully saturated rings. The normalized spacial score (nSPS) is 30.7. The summed E-state index contributed by atoms with van der Waals surface area (Å²) < 4.78 is 2.02. The van der Waals surface area contributed by atoms with E-state index < -0.39 is 0 Å². The van der Waals surface area contributed by atoms with Gasteiger partial charge in [0.2, 0.25) is 0 Å². The summed E-state index contributed by atoms with van der Waals surface area (Å²) in [4.78, 5) is 15.6. The highest BCUT2D eigenvalue weighted by Crippen LogP contribution is 2.53. The van der Waals surface area contributed by atoms with E-state index in [1.165, 1.54) is 38.8 Å². The predicted molar refractivity (Wildman–Crippen MR) is 90.4 cm³/mol. The van der Waals surface area contributed by atoms with E-state index in [1.54, 1.807) is 0 Å². The lowest BCUT2D eigenvalue weighted by Crippen LogP contribution is -2.65. The average Bonchev–Trinajstić information content (AvgIpc) is 3.29. The molecule has 1 atom stereocenters. The highest BCUT2D eigenvalue weighted by atomic mass is 16.2. The van der Waals surface area contributed by atoms with Crippen molar-refractivity contribution in [3.05, 3.63) is 36.0 Å². The maximum atomic E-state index is 12.9. The molecule has 4 heterocycles. The van der Waals surface area contributed by atoms with Crippen LogP contribution >= 0.6 is 0 Å². The summed E-state index contributed by atoms with van der Waals surface area (Å²) in [5.41, 5.74) is 2.19. The number of carbonyl (C=O) groups excluding carboxylic acids is 1. The third-order valence-electron chi connectivity index (χ3n) is 6.45. The van der Waals surface area contributed by atoms with Gasteiger partial charge in [0, 0.05) is 23.5 Å². The number of para-hydroxylation sites is 1. The summed E-state index contributed by atoms with van der Waals surface area (Å²) in [7, 11) is 1.99. The zero-order valence-corrected chi connectivity index (χ0v) is 13.6. The summed E-state index contributed by atoms with van der Waals surface area (Å²) >= 11 is 0. The van der Waals surface area contributed by atoms with Gasteiger partial charge in [0.25, 0.3) is 5.91 Å². The molecule has 6 rings (SSSR count). The Morgan fingerprint density at radius 2 is 1.96 bits per heavy atom. The van der Waals surface area contributed by atoms with Gasteiger partial charge < -0.3 is 9.88 Å². The molecule has 1 aromatic carbocycles. The van der Waals surface area contributed by atoms with Crippen LogP contribution in [0.2, 0.25) is 0 Å². The largest absolute Gasteiger partial charge is 0.346 e. The van der Waals surface area contributed by atoms with Crippen LogP contribution in [0, 0.1) is 5.92 Å². The number of rotatable bonds is 2. The summed E-state index contributed by atoms with van der Waals surface area (Å²) in [5.74, 6) is 0.759. The smallest absolute Gasteiger partial charge is 0.268 e. The fourth-order valence-electron chi connectivity index (χ4n) is 5.04. The van der Waals surface area contributed by atoms with Crippen molar-refractivity contribution in [3.8, 4) is 0 Å². The first-order valence-electron chi connectivity index (χ1n) is 8.79. The SMILES string of the molecule is Cn1c(C(=O)N[C@@H]2C3CCN(CC3)C23CC3)cc2ccccc21. The van der Waals surface area contributed by atoms with Gasteiger partial charge in [-0.25, -0.2) is 0 Å². The molecule has 1 saturated carbocycles. The summed E-state index contributed by atoms with van der Waals surface area (Å²) in [6, 6.07) is 10.6. The lowest BCUT2D eigenvalue weighted by atomic mass is 9.77. The zero-order chi connectivity index (χ0) is 15.6. The molecule has 4 heteroatoms. The number of fused-ring (bicyclic) bond motifs is 3. The highest BCUT2D eigenvalue weighted by molar-refractivity contribution is 5.99. The molecule has 120 valence electrons. The van der Waals surface area contributed by atoms with Crippen molar-refractivity contribution in [2.75, 3.05) is 13.1 Å². The number of piperidine rings is 3. The summed E-state index contributed by atoms with van der Waals surface area (Å²) in [6.07, 6.45) is 4.98. The fourth-order valence-corrected chi connectivity index (χ4v) is 5.04. The van der Waals surface area contributed by atoms with Crippen LogP contribution in [0.15, 0.2) is 30.3 Å². The maximum Gasteiger partial charge on any atom is 0.268 e. The molecule has 1 aromatic heterocycles. The number of hydrogen-bond donors (Lipinski definition) is 1. The number of nitrogens with one attached hydrogen (secondary N) is 1. The average molecular weight is 309 g/mol. The topological polar surface area (TPSA) is 37.3 Å². The van der Waals surface area contributed by atoms with Crippen LogP contribution in [0.25, 0.3) is 10.9 Å². The first-order chi connectivity index (χ1) is 11.2. The van der Waals surface area contributed by atoms with Crippen molar-refractivity contribution in [2.45, 2.75) is 37.3 Å². The molecule has 0 unspecified atom stereocenters. The van der Waals surface area contributed by atoms with Crippen LogP contribution in [0.1, 0.15) is 36.2 Å². The number of hydrogen-bond acceptors (Lipinski definition) is 2. The molecule has 1 amide bonds. The third-order valence-corrected chi connectivity index (χ3v) is 6.45. The fraction of sp³-hybridized carbons (Fsp3) is 0.526. The Balaban J connectivity index is 1.46. The Hall–Kier alpha value is -1.81. The zero-order valence-electron chi connectivity index (χ0n) is 13.6. The van der Waals surface area contributed by atoms with Gasteiger partial charge in [-0.15, -0.1) is 0 Å². The molecule has 3 aliphatic heterocycles. The third kappa shape index (κ3) is 1.84.